The number of carbonyl (C=O) groups is 3. The molecule has 2 unspecified atom stereocenters. The van der Waals surface area contributed by atoms with Crippen LogP contribution >= 0.6 is 0 Å². The van der Waals surface area contributed by atoms with E-state index < -0.39 is 8.80 Å². The van der Waals surface area contributed by atoms with Crippen molar-refractivity contribution in [2.45, 2.75) is 86.7 Å². The lowest BCUT2D eigenvalue weighted by Crippen LogP contribution is -2.46. The Kier molecular flexibility index (Phi) is 22.1. The van der Waals surface area contributed by atoms with Crippen LogP contribution in [0.5, 0.6) is 0 Å². The zero-order valence-corrected chi connectivity index (χ0v) is 23.6. The molecule has 3 amide bonds. The summed E-state index contributed by atoms with van der Waals surface area (Å²) >= 11 is 0. The topological polar surface area (TPSA) is 124 Å². The van der Waals surface area contributed by atoms with Gasteiger partial charge in [0.2, 0.25) is 5.91 Å². The normalized spacial score (nSPS) is 12.6. The van der Waals surface area contributed by atoms with Crippen molar-refractivity contribution in [1.82, 2.24) is 16.0 Å². The van der Waals surface area contributed by atoms with E-state index in [-0.39, 0.29) is 37.0 Å². The molecule has 3 N–H and O–H groups in total. The molecule has 202 valence electrons. The SMILES string of the molecule is CCC(C)NC(C)=O.CCO[Si](CCCNC(=O)NCCOC(=O)C(C)CC)(OCC)OCC. The third kappa shape index (κ3) is 18.7. The summed E-state index contributed by atoms with van der Waals surface area (Å²) in [4.78, 5) is 33.5. The van der Waals surface area contributed by atoms with Gasteiger partial charge in [-0.05, 0) is 47.0 Å². The van der Waals surface area contributed by atoms with Crippen molar-refractivity contribution in [2.75, 3.05) is 39.5 Å². The zero-order valence-electron chi connectivity index (χ0n) is 22.6. The first kappa shape index (κ1) is 34.5. The number of hydrogen-bond acceptors (Lipinski definition) is 7. The van der Waals surface area contributed by atoms with Crippen LogP contribution in [0.2, 0.25) is 6.04 Å². The molecule has 0 spiro atoms. The van der Waals surface area contributed by atoms with Gasteiger partial charge in [-0.25, -0.2) is 4.79 Å². The van der Waals surface area contributed by atoms with E-state index in [1.165, 1.54) is 6.92 Å². The van der Waals surface area contributed by atoms with Gasteiger partial charge in [0.15, 0.2) is 0 Å². The van der Waals surface area contributed by atoms with Gasteiger partial charge in [-0.1, -0.05) is 20.8 Å². The molecule has 0 aromatic carbocycles. The molecular formula is C23H49N3O7Si. The molecule has 0 radical (unpaired) electrons. The highest BCUT2D eigenvalue weighted by Gasteiger charge is 2.39. The number of hydrogen-bond donors (Lipinski definition) is 3. The van der Waals surface area contributed by atoms with Crippen LogP contribution in [-0.2, 0) is 27.6 Å². The zero-order chi connectivity index (χ0) is 26.4. The summed E-state index contributed by atoms with van der Waals surface area (Å²) in [6.07, 6.45) is 2.44. The van der Waals surface area contributed by atoms with E-state index in [1.807, 2.05) is 48.5 Å². The summed E-state index contributed by atoms with van der Waals surface area (Å²) in [5.41, 5.74) is 0. The van der Waals surface area contributed by atoms with Crippen molar-refractivity contribution in [3.8, 4) is 0 Å². The Bertz CT molecular complexity index is 536. The van der Waals surface area contributed by atoms with E-state index in [0.717, 1.165) is 12.8 Å². The molecule has 34 heavy (non-hydrogen) atoms. The van der Waals surface area contributed by atoms with Crippen molar-refractivity contribution in [3.63, 3.8) is 0 Å². The fourth-order valence-corrected chi connectivity index (χ4v) is 5.26. The average Bonchev–Trinajstić information content (AvgIpc) is 2.79. The molecule has 10 nitrogen and oxygen atoms in total. The van der Waals surface area contributed by atoms with Crippen LogP contribution in [0.4, 0.5) is 4.79 Å². The number of urea groups is 1. The summed E-state index contributed by atoms with van der Waals surface area (Å²) in [5.74, 6) is -0.299. The Morgan fingerprint density at radius 1 is 0.824 bits per heavy atom. The smallest absolute Gasteiger partial charge is 0.464 e. The lowest BCUT2D eigenvalue weighted by atomic mass is 10.1. The molecule has 0 aromatic heterocycles. The Morgan fingerprint density at radius 2 is 1.35 bits per heavy atom. The number of carbonyl (C=O) groups excluding carboxylic acids is 3. The van der Waals surface area contributed by atoms with Gasteiger partial charge >= 0.3 is 20.8 Å². The van der Waals surface area contributed by atoms with Gasteiger partial charge in [0.1, 0.15) is 6.61 Å². The van der Waals surface area contributed by atoms with Gasteiger partial charge < -0.3 is 34.0 Å². The Hall–Kier alpha value is -1.69. The van der Waals surface area contributed by atoms with Gasteiger partial charge in [0, 0.05) is 45.4 Å². The van der Waals surface area contributed by atoms with Crippen LogP contribution in [-0.4, -0.2) is 72.3 Å². The first-order valence-corrected chi connectivity index (χ1v) is 14.4. The fourth-order valence-electron chi connectivity index (χ4n) is 2.64. The van der Waals surface area contributed by atoms with Crippen molar-refractivity contribution < 1.29 is 32.4 Å². The lowest BCUT2D eigenvalue weighted by molar-refractivity contribution is -0.147. The summed E-state index contributed by atoms with van der Waals surface area (Å²) in [6.45, 7) is 17.6. The van der Waals surface area contributed by atoms with Crippen LogP contribution < -0.4 is 16.0 Å². The number of amides is 3. The summed E-state index contributed by atoms with van der Waals surface area (Å²) in [6, 6.07) is 0.684. The predicted octanol–water partition coefficient (Wildman–Crippen LogP) is 3.23. The van der Waals surface area contributed by atoms with Crippen molar-refractivity contribution >= 4 is 26.7 Å². The van der Waals surface area contributed by atoms with Gasteiger partial charge in [-0.15, -0.1) is 0 Å². The molecule has 2 atom stereocenters. The van der Waals surface area contributed by atoms with Crippen LogP contribution in [0.1, 0.15) is 74.7 Å². The van der Waals surface area contributed by atoms with E-state index in [9.17, 15) is 14.4 Å². The maximum Gasteiger partial charge on any atom is 0.500 e. The molecule has 11 heteroatoms. The molecular weight excluding hydrogens is 458 g/mol. The largest absolute Gasteiger partial charge is 0.500 e. The van der Waals surface area contributed by atoms with Crippen molar-refractivity contribution in [1.29, 1.82) is 0 Å². The highest BCUT2D eigenvalue weighted by atomic mass is 28.4. The van der Waals surface area contributed by atoms with Crippen LogP contribution in [0, 0.1) is 5.92 Å². The second kappa shape index (κ2) is 21.8. The Labute approximate surface area is 207 Å². The highest BCUT2D eigenvalue weighted by molar-refractivity contribution is 6.60. The van der Waals surface area contributed by atoms with Crippen LogP contribution in [0.25, 0.3) is 0 Å². The molecule has 0 saturated carbocycles. The second-order valence-electron chi connectivity index (χ2n) is 7.75. The molecule has 0 bridgehead atoms. The molecule has 0 saturated heterocycles. The quantitative estimate of drug-likeness (QED) is 0.157. The van der Waals surface area contributed by atoms with Gasteiger partial charge in [0.25, 0.3) is 0 Å². The minimum Gasteiger partial charge on any atom is -0.464 e. The van der Waals surface area contributed by atoms with Crippen molar-refractivity contribution in [3.05, 3.63) is 0 Å². The minimum atomic E-state index is -2.66. The molecule has 0 aromatic rings. The lowest BCUT2D eigenvalue weighted by Gasteiger charge is -2.28. The maximum absolute atomic E-state index is 11.7. The maximum atomic E-state index is 11.7. The van der Waals surface area contributed by atoms with Crippen molar-refractivity contribution in [2.24, 2.45) is 5.92 Å². The highest BCUT2D eigenvalue weighted by Crippen LogP contribution is 2.17. The number of esters is 1. The molecule has 0 heterocycles. The third-order valence-corrected chi connectivity index (χ3v) is 7.90. The number of ether oxygens (including phenoxy) is 1. The Morgan fingerprint density at radius 3 is 1.76 bits per heavy atom. The molecule has 0 aliphatic heterocycles. The van der Waals surface area contributed by atoms with Gasteiger partial charge in [-0.3, -0.25) is 9.59 Å². The van der Waals surface area contributed by atoms with Gasteiger partial charge in [0.05, 0.1) is 12.5 Å². The van der Waals surface area contributed by atoms with E-state index >= 15 is 0 Å². The van der Waals surface area contributed by atoms with E-state index in [2.05, 4.69) is 16.0 Å². The molecule has 0 aliphatic carbocycles. The Balaban J connectivity index is 0. The summed E-state index contributed by atoms with van der Waals surface area (Å²) in [7, 11) is -2.66. The van der Waals surface area contributed by atoms with Crippen LogP contribution in [0.15, 0.2) is 0 Å². The molecule has 0 aliphatic rings. The monoisotopic (exact) mass is 507 g/mol. The first-order valence-electron chi connectivity index (χ1n) is 12.5. The van der Waals surface area contributed by atoms with Crippen LogP contribution in [0.3, 0.4) is 0 Å². The summed E-state index contributed by atoms with van der Waals surface area (Å²) in [5, 5.41) is 8.18. The predicted molar refractivity (Wildman–Crippen MR) is 135 cm³/mol. The molecule has 0 rings (SSSR count). The standard InChI is InChI=1S/C17H36N2O6Si.C6H13NO/c1-6-15(5)16(20)22-13-12-19-17(21)18-11-10-14-26(23-7-2,24-8-3)25-9-4;1-4-5(2)7-6(3)8/h15H,6-14H2,1-5H3,(H2,18,19,21);5H,4H2,1-3H3,(H,7,8). The fraction of sp³-hybridized carbons (Fsp3) is 0.870. The van der Waals surface area contributed by atoms with Gasteiger partial charge in [-0.2, -0.15) is 0 Å². The number of rotatable bonds is 17. The number of nitrogens with one attached hydrogen (secondary N) is 3. The van der Waals surface area contributed by atoms with E-state index in [0.29, 0.717) is 44.9 Å². The minimum absolute atomic E-state index is 0.0550. The van der Waals surface area contributed by atoms with E-state index in [1.54, 1.807) is 0 Å². The third-order valence-electron chi connectivity index (χ3n) is 4.75. The first-order chi connectivity index (χ1) is 16.1. The van der Waals surface area contributed by atoms with E-state index in [4.69, 9.17) is 18.0 Å². The molecule has 0 fully saturated rings. The second-order valence-corrected chi connectivity index (χ2v) is 10.5. The average molecular weight is 508 g/mol. The summed E-state index contributed by atoms with van der Waals surface area (Å²) < 4.78 is 22.4.